The molecule has 76 valence electrons. The number of piperidine rings is 1. The zero-order chi connectivity index (χ0) is 9.10. The van der Waals surface area contributed by atoms with Gasteiger partial charge in [0, 0.05) is 13.1 Å². The zero-order valence-corrected chi connectivity index (χ0v) is 12.8. The Kier molecular flexibility index (Phi) is 6.81. The summed E-state index contributed by atoms with van der Waals surface area (Å²) in [6, 6.07) is 0. The van der Waals surface area contributed by atoms with Crippen molar-refractivity contribution in [1.29, 1.82) is 0 Å². The Morgan fingerprint density at radius 1 is 1.21 bits per heavy atom. The Morgan fingerprint density at radius 3 is 2.50 bits per heavy atom. The second kappa shape index (κ2) is 6.99. The summed E-state index contributed by atoms with van der Waals surface area (Å²) in [5.41, 5.74) is 0. The van der Waals surface area contributed by atoms with Crippen LogP contribution < -0.4 is 51.4 Å². The van der Waals surface area contributed by atoms with Crippen LogP contribution >= 0.6 is 0 Å². The quantitative estimate of drug-likeness (QED) is 0.402. The summed E-state index contributed by atoms with van der Waals surface area (Å²) in [5, 5.41) is 0. The molecule has 2 heterocycles. The summed E-state index contributed by atoms with van der Waals surface area (Å²) in [4.78, 5) is 5.10. The molecular weight excluding hydrogens is 199 g/mol. The fraction of sp³-hybridized carbons (Fsp3) is 0.909. The zero-order valence-electron chi connectivity index (χ0n) is 9.71. The van der Waals surface area contributed by atoms with E-state index in [1.807, 2.05) is 0 Å². The van der Waals surface area contributed by atoms with E-state index >= 15 is 0 Å². The predicted octanol–water partition coefficient (Wildman–Crippen LogP) is -1.76. The van der Waals surface area contributed by atoms with Gasteiger partial charge < -0.3 is 16.2 Å². The van der Waals surface area contributed by atoms with E-state index in [0.29, 0.717) is 0 Å². The predicted molar refractivity (Wildman–Crippen MR) is 55.6 cm³/mol. The second-order valence-electron chi connectivity index (χ2n) is 4.58. The van der Waals surface area contributed by atoms with Gasteiger partial charge in [-0.1, -0.05) is 0 Å². The molecule has 1 atom stereocenters. The summed E-state index contributed by atoms with van der Waals surface area (Å²) in [7, 11) is 2.24. The molecule has 14 heavy (non-hydrogen) atoms. The van der Waals surface area contributed by atoms with Gasteiger partial charge in [-0.25, -0.2) is 0 Å². The molecule has 2 aliphatic rings. The van der Waals surface area contributed by atoms with Crippen molar-refractivity contribution in [3.05, 3.63) is 6.42 Å². The van der Waals surface area contributed by atoms with Crippen LogP contribution in [0.25, 0.3) is 0 Å². The normalized spacial score (nSPS) is 30.2. The number of hydrogen-bond donors (Lipinski definition) is 0. The molecule has 0 aliphatic carbocycles. The van der Waals surface area contributed by atoms with Crippen molar-refractivity contribution in [2.75, 3.05) is 39.8 Å². The van der Waals surface area contributed by atoms with Gasteiger partial charge in [-0.2, -0.15) is 12.8 Å². The molecule has 2 saturated heterocycles. The fourth-order valence-corrected chi connectivity index (χ4v) is 2.53. The number of likely N-dealkylation sites (tertiary alicyclic amines) is 2. The summed E-state index contributed by atoms with van der Waals surface area (Å²) in [6.45, 7) is 6.59. The molecule has 2 rings (SSSR count). The van der Waals surface area contributed by atoms with Crippen molar-refractivity contribution in [3.8, 4) is 0 Å². The largest absolute Gasteiger partial charge is 1.00 e. The van der Waals surface area contributed by atoms with Crippen molar-refractivity contribution in [2.24, 2.45) is 5.92 Å². The van der Waals surface area contributed by atoms with Crippen LogP contribution in [0, 0.1) is 12.3 Å². The molecule has 0 unspecified atom stereocenters. The molecule has 0 radical (unpaired) electrons. The first-order valence-corrected chi connectivity index (χ1v) is 5.57. The molecule has 0 bridgehead atoms. The molecule has 0 spiro atoms. The van der Waals surface area contributed by atoms with Crippen LogP contribution in [0.1, 0.15) is 19.3 Å². The molecule has 2 aliphatic heterocycles. The molecule has 0 N–H and O–H groups in total. The van der Waals surface area contributed by atoms with Gasteiger partial charge in [-0.05, 0) is 39.0 Å². The van der Waals surface area contributed by atoms with Crippen LogP contribution in [0.15, 0.2) is 0 Å². The monoisotopic (exact) mass is 220 g/mol. The van der Waals surface area contributed by atoms with Crippen molar-refractivity contribution < 1.29 is 51.4 Å². The van der Waals surface area contributed by atoms with Crippen LogP contribution in [-0.4, -0.2) is 49.6 Å². The second-order valence-corrected chi connectivity index (χ2v) is 4.58. The Balaban J connectivity index is 0.000000980. The number of nitrogens with zero attached hydrogens (tertiary/aromatic N) is 2. The van der Waals surface area contributed by atoms with Crippen LogP contribution in [0.4, 0.5) is 0 Å². The molecule has 2 fully saturated rings. The summed E-state index contributed by atoms with van der Waals surface area (Å²) >= 11 is 0. The molecule has 2 nitrogen and oxygen atoms in total. The maximum Gasteiger partial charge on any atom is 1.00 e. The van der Waals surface area contributed by atoms with Gasteiger partial charge in [0.25, 0.3) is 0 Å². The average molecular weight is 220 g/mol. The van der Waals surface area contributed by atoms with Gasteiger partial charge in [0.2, 0.25) is 0 Å². The maximum absolute atomic E-state index is 2.64. The summed E-state index contributed by atoms with van der Waals surface area (Å²) in [6.07, 6.45) is 6.46. The van der Waals surface area contributed by atoms with Crippen LogP contribution in [-0.2, 0) is 0 Å². The topological polar surface area (TPSA) is 6.48 Å². The van der Waals surface area contributed by atoms with Crippen molar-refractivity contribution >= 4 is 0 Å². The van der Waals surface area contributed by atoms with Gasteiger partial charge >= 0.3 is 51.4 Å². The van der Waals surface area contributed by atoms with Crippen LogP contribution in [0.2, 0.25) is 0 Å². The average Bonchev–Trinajstić information content (AvgIpc) is 2.53. The first kappa shape index (κ1) is 13.6. The first-order valence-electron chi connectivity index (χ1n) is 5.57. The van der Waals surface area contributed by atoms with Crippen LogP contribution in [0.3, 0.4) is 0 Å². The van der Waals surface area contributed by atoms with Gasteiger partial charge in [0.15, 0.2) is 0 Å². The van der Waals surface area contributed by atoms with Crippen molar-refractivity contribution in [1.82, 2.24) is 9.80 Å². The molecule has 3 heteroatoms. The third-order valence-electron chi connectivity index (χ3n) is 3.30. The summed E-state index contributed by atoms with van der Waals surface area (Å²) in [5.74, 6) is 0.947. The standard InChI is InChI=1S/C11H21N2.K/c1-12-8-5-11(9-12)10-13-6-3-2-4-7-13;/h2,11H,3-10H2,1H3;/q-1;+1/t11-;/m0./s1. The molecule has 0 saturated carbocycles. The fourth-order valence-electron chi connectivity index (χ4n) is 2.53. The van der Waals surface area contributed by atoms with E-state index in [4.69, 9.17) is 0 Å². The van der Waals surface area contributed by atoms with Crippen LogP contribution in [0.5, 0.6) is 0 Å². The first-order chi connectivity index (χ1) is 6.34. The Hall–Kier alpha value is 1.56. The van der Waals surface area contributed by atoms with E-state index in [9.17, 15) is 0 Å². The molecule has 0 amide bonds. The van der Waals surface area contributed by atoms with E-state index in [1.165, 1.54) is 52.0 Å². The minimum absolute atomic E-state index is 0. The van der Waals surface area contributed by atoms with E-state index in [2.05, 4.69) is 23.3 Å². The van der Waals surface area contributed by atoms with Gasteiger partial charge in [0.1, 0.15) is 0 Å². The van der Waals surface area contributed by atoms with E-state index in [1.54, 1.807) is 0 Å². The smallest absolute Gasteiger partial charge is 0.326 e. The third-order valence-corrected chi connectivity index (χ3v) is 3.30. The van der Waals surface area contributed by atoms with Crippen molar-refractivity contribution in [2.45, 2.75) is 19.3 Å². The molecule has 0 aromatic carbocycles. The van der Waals surface area contributed by atoms with E-state index in [0.717, 1.165) is 5.92 Å². The summed E-state index contributed by atoms with van der Waals surface area (Å²) < 4.78 is 0. The van der Waals surface area contributed by atoms with Gasteiger partial charge in [-0.15, -0.1) is 0 Å². The minimum atomic E-state index is 0. The SMILES string of the molecule is CN1CC[C@H](CN2CC[CH-]CC2)C1.[K+]. The third kappa shape index (κ3) is 4.20. The molecular formula is C11H21KN2. The van der Waals surface area contributed by atoms with E-state index < -0.39 is 0 Å². The van der Waals surface area contributed by atoms with E-state index in [-0.39, 0.29) is 51.4 Å². The number of hydrogen-bond acceptors (Lipinski definition) is 2. The Morgan fingerprint density at radius 2 is 1.93 bits per heavy atom. The Labute approximate surface area is 131 Å². The van der Waals surface area contributed by atoms with Gasteiger partial charge in [0.05, 0.1) is 0 Å². The Bertz CT molecular complexity index is 155. The van der Waals surface area contributed by atoms with Crippen molar-refractivity contribution in [3.63, 3.8) is 0 Å². The minimum Gasteiger partial charge on any atom is -0.326 e. The molecule has 0 aromatic heterocycles. The van der Waals surface area contributed by atoms with Gasteiger partial charge in [-0.3, -0.25) is 0 Å². The maximum atomic E-state index is 2.64. The number of rotatable bonds is 2. The molecule has 0 aromatic rings.